The number of thioether (sulfide) groups is 1. The molecule has 2 N–H and O–H groups in total. The molecule has 2 heterocycles. The maximum atomic E-state index is 5.99. The molecule has 0 aromatic rings. The Labute approximate surface area is 90.6 Å². The Morgan fingerprint density at radius 2 is 2.29 bits per heavy atom. The minimum absolute atomic E-state index is 0.416. The molecule has 2 atom stereocenters. The van der Waals surface area contributed by atoms with Crippen LogP contribution in [0, 0.1) is 5.92 Å². The predicted octanol–water partition coefficient (Wildman–Crippen LogP) is 1.30. The van der Waals surface area contributed by atoms with E-state index in [9.17, 15) is 0 Å². The van der Waals surface area contributed by atoms with Gasteiger partial charge in [-0.2, -0.15) is 11.8 Å². The Hall–Kier alpha value is 0.270. The first-order valence-corrected chi connectivity index (χ1v) is 6.87. The zero-order valence-electron chi connectivity index (χ0n) is 8.91. The maximum absolute atomic E-state index is 5.99. The molecule has 2 unspecified atom stereocenters. The predicted molar refractivity (Wildman–Crippen MR) is 61.5 cm³/mol. The molecule has 14 heavy (non-hydrogen) atoms. The van der Waals surface area contributed by atoms with Gasteiger partial charge in [-0.15, -0.1) is 0 Å². The molecule has 0 aromatic heterocycles. The van der Waals surface area contributed by atoms with Crippen LogP contribution in [0.1, 0.15) is 26.2 Å². The zero-order valence-corrected chi connectivity index (χ0v) is 9.72. The standard InChI is InChI=1S/C11H20N2S/c1-8-3-11(4-8,7-12)13-5-10-2-9(13)6-14-10/h8-10H,2-7,12H2,1H3. The molecule has 2 saturated heterocycles. The third-order valence-corrected chi connectivity index (χ3v) is 5.74. The number of hydrogen-bond acceptors (Lipinski definition) is 3. The molecule has 2 bridgehead atoms. The van der Waals surface area contributed by atoms with Crippen molar-refractivity contribution in [3.8, 4) is 0 Å². The van der Waals surface area contributed by atoms with E-state index in [2.05, 4.69) is 23.6 Å². The first-order chi connectivity index (χ1) is 6.73. The van der Waals surface area contributed by atoms with Crippen LogP contribution in [0.5, 0.6) is 0 Å². The Morgan fingerprint density at radius 3 is 2.71 bits per heavy atom. The van der Waals surface area contributed by atoms with Crippen LogP contribution in [0.4, 0.5) is 0 Å². The second-order valence-corrected chi connectivity index (χ2v) is 6.77. The van der Waals surface area contributed by atoms with Gasteiger partial charge >= 0.3 is 0 Å². The summed E-state index contributed by atoms with van der Waals surface area (Å²) in [5.74, 6) is 2.27. The monoisotopic (exact) mass is 212 g/mol. The van der Waals surface area contributed by atoms with Gasteiger partial charge in [-0.25, -0.2) is 0 Å². The number of nitrogens with zero attached hydrogens (tertiary/aromatic N) is 1. The van der Waals surface area contributed by atoms with Gasteiger partial charge in [-0.3, -0.25) is 4.90 Å². The lowest BCUT2D eigenvalue weighted by Gasteiger charge is -2.54. The molecule has 0 spiro atoms. The van der Waals surface area contributed by atoms with Crippen LogP contribution in [0.3, 0.4) is 0 Å². The highest BCUT2D eigenvalue weighted by Crippen LogP contribution is 2.49. The van der Waals surface area contributed by atoms with E-state index < -0.39 is 0 Å². The van der Waals surface area contributed by atoms with Gasteiger partial charge in [0.1, 0.15) is 0 Å². The Bertz CT molecular complexity index is 237. The summed E-state index contributed by atoms with van der Waals surface area (Å²) >= 11 is 2.18. The fraction of sp³-hybridized carbons (Fsp3) is 1.00. The minimum atomic E-state index is 0.416. The summed E-state index contributed by atoms with van der Waals surface area (Å²) in [5, 5.41) is 0.930. The zero-order chi connectivity index (χ0) is 9.76. The normalized spacial score (nSPS) is 52.3. The first kappa shape index (κ1) is 9.49. The molecular weight excluding hydrogens is 192 g/mol. The lowest BCUT2D eigenvalue weighted by atomic mass is 9.68. The molecule has 2 nitrogen and oxygen atoms in total. The van der Waals surface area contributed by atoms with Crippen LogP contribution < -0.4 is 5.73 Å². The van der Waals surface area contributed by atoms with E-state index in [1.807, 2.05) is 0 Å². The Kier molecular flexibility index (Phi) is 2.12. The fourth-order valence-corrected chi connectivity index (χ4v) is 5.17. The third kappa shape index (κ3) is 1.18. The molecule has 3 aliphatic rings. The second kappa shape index (κ2) is 3.13. The SMILES string of the molecule is CC1CC(CN)(N2CC3CC2CS3)C1. The van der Waals surface area contributed by atoms with Gasteiger partial charge in [-0.1, -0.05) is 6.92 Å². The van der Waals surface area contributed by atoms with Crippen LogP contribution >= 0.6 is 11.8 Å². The van der Waals surface area contributed by atoms with Gasteiger partial charge in [0, 0.05) is 35.7 Å². The van der Waals surface area contributed by atoms with Crippen LogP contribution in [-0.2, 0) is 0 Å². The third-order valence-electron chi connectivity index (χ3n) is 4.35. The lowest BCUT2D eigenvalue weighted by Crippen LogP contribution is -2.63. The number of nitrogens with two attached hydrogens (primary N) is 1. The molecule has 3 fully saturated rings. The Morgan fingerprint density at radius 1 is 1.50 bits per heavy atom. The highest BCUT2D eigenvalue weighted by molar-refractivity contribution is 8.00. The molecule has 0 aromatic carbocycles. The maximum Gasteiger partial charge on any atom is 0.0340 e. The molecule has 0 amide bonds. The van der Waals surface area contributed by atoms with Crippen molar-refractivity contribution in [3.05, 3.63) is 0 Å². The van der Waals surface area contributed by atoms with Crippen molar-refractivity contribution < 1.29 is 0 Å². The van der Waals surface area contributed by atoms with Crippen LogP contribution in [0.15, 0.2) is 0 Å². The second-order valence-electron chi connectivity index (χ2n) is 5.44. The smallest absolute Gasteiger partial charge is 0.0340 e. The molecule has 1 saturated carbocycles. The van der Waals surface area contributed by atoms with Crippen LogP contribution in [0.2, 0.25) is 0 Å². The van der Waals surface area contributed by atoms with Gasteiger partial charge < -0.3 is 5.73 Å². The molecular formula is C11H20N2S. The number of likely N-dealkylation sites (tertiary alicyclic amines) is 1. The van der Waals surface area contributed by atoms with E-state index in [0.717, 1.165) is 23.8 Å². The number of rotatable bonds is 2. The Balaban J connectivity index is 1.75. The van der Waals surface area contributed by atoms with Crippen molar-refractivity contribution in [2.45, 2.75) is 43.0 Å². The summed E-state index contributed by atoms with van der Waals surface area (Å²) in [4.78, 5) is 2.76. The average Bonchev–Trinajstić information content (AvgIpc) is 2.73. The minimum Gasteiger partial charge on any atom is -0.329 e. The molecule has 2 aliphatic heterocycles. The average molecular weight is 212 g/mol. The van der Waals surface area contributed by atoms with Gasteiger partial charge in [0.05, 0.1) is 0 Å². The van der Waals surface area contributed by atoms with Crippen LogP contribution in [0.25, 0.3) is 0 Å². The van der Waals surface area contributed by atoms with Crippen molar-refractivity contribution in [2.75, 3.05) is 18.8 Å². The number of hydrogen-bond donors (Lipinski definition) is 1. The van der Waals surface area contributed by atoms with E-state index in [4.69, 9.17) is 5.73 Å². The van der Waals surface area contributed by atoms with E-state index in [1.165, 1.54) is 31.6 Å². The number of fused-ring (bicyclic) bond motifs is 2. The summed E-state index contributed by atoms with van der Waals surface area (Å²) in [7, 11) is 0. The first-order valence-electron chi connectivity index (χ1n) is 5.82. The van der Waals surface area contributed by atoms with Crippen molar-refractivity contribution in [1.29, 1.82) is 0 Å². The molecule has 1 aliphatic carbocycles. The molecule has 3 heteroatoms. The summed E-state index contributed by atoms with van der Waals surface area (Å²) in [5.41, 5.74) is 6.41. The van der Waals surface area contributed by atoms with Crippen LogP contribution in [-0.4, -0.2) is 40.6 Å². The van der Waals surface area contributed by atoms with E-state index in [1.54, 1.807) is 0 Å². The van der Waals surface area contributed by atoms with Crippen molar-refractivity contribution in [3.63, 3.8) is 0 Å². The van der Waals surface area contributed by atoms with Crippen molar-refractivity contribution in [2.24, 2.45) is 11.7 Å². The quantitative estimate of drug-likeness (QED) is 0.748. The van der Waals surface area contributed by atoms with E-state index in [-0.39, 0.29) is 0 Å². The summed E-state index contributed by atoms with van der Waals surface area (Å²) in [6.07, 6.45) is 4.12. The van der Waals surface area contributed by atoms with Crippen molar-refractivity contribution in [1.82, 2.24) is 4.90 Å². The van der Waals surface area contributed by atoms with E-state index >= 15 is 0 Å². The topological polar surface area (TPSA) is 29.3 Å². The highest BCUT2D eigenvalue weighted by atomic mass is 32.2. The highest BCUT2D eigenvalue weighted by Gasteiger charge is 2.52. The fourth-order valence-electron chi connectivity index (χ4n) is 3.74. The van der Waals surface area contributed by atoms with Gasteiger partial charge in [-0.05, 0) is 25.2 Å². The lowest BCUT2D eigenvalue weighted by molar-refractivity contribution is -0.0171. The molecule has 3 rings (SSSR count). The summed E-state index contributed by atoms with van der Waals surface area (Å²) in [6.45, 7) is 4.56. The van der Waals surface area contributed by atoms with E-state index in [0.29, 0.717) is 5.54 Å². The van der Waals surface area contributed by atoms with Gasteiger partial charge in [0.25, 0.3) is 0 Å². The van der Waals surface area contributed by atoms with Gasteiger partial charge in [0.15, 0.2) is 0 Å². The van der Waals surface area contributed by atoms with Crippen molar-refractivity contribution >= 4 is 11.8 Å². The van der Waals surface area contributed by atoms with Gasteiger partial charge in [0.2, 0.25) is 0 Å². The summed E-state index contributed by atoms with van der Waals surface area (Å²) < 4.78 is 0. The molecule has 80 valence electrons. The molecule has 0 radical (unpaired) electrons. The summed E-state index contributed by atoms with van der Waals surface area (Å²) in [6, 6.07) is 0.862. The largest absolute Gasteiger partial charge is 0.329 e.